The molecule has 7 nitrogen and oxygen atoms in total. The fraction of sp³-hybridized carbons (Fsp3) is 0.533. The van der Waals surface area contributed by atoms with Crippen LogP contribution >= 0.6 is 0 Å². The van der Waals surface area contributed by atoms with Crippen molar-refractivity contribution in [2.75, 3.05) is 13.2 Å². The summed E-state index contributed by atoms with van der Waals surface area (Å²) in [5, 5.41) is 12.2. The molecule has 0 heterocycles. The first kappa shape index (κ1) is 17.8. The van der Waals surface area contributed by atoms with Crippen LogP contribution in [0.5, 0.6) is 5.75 Å². The maximum Gasteiger partial charge on any atom is 0.329 e. The summed E-state index contributed by atoms with van der Waals surface area (Å²) in [7, 11) is 0. The Morgan fingerprint density at radius 3 is 2.50 bits per heavy atom. The Morgan fingerprint density at radius 1 is 1.36 bits per heavy atom. The lowest BCUT2D eigenvalue weighted by Gasteiger charge is -2.21. The zero-order chi connectivity index (χ0) is 16.6. The van der Waals surface area contributed by atoms with E-state index < -0.39 is 18.6 Å². The van der Waals surface area contributed by atoms with Crippen LogP contribution < -0.4 is 4.74 Å². The molecule has 0 saturated heterocycles. The Morgan fingerprint density at radius 2 is 2.00 bits per heavy atom. The summed E-state index contributed by atoms with van der Waals surface area (Å²) in [4.78, 5) is 13.2. The van der Waals surface area contributed by atoms with Gasteiger partial charge < -0.3 is 14.6 Å². The van der Waals surface area contributed by atoms with Crippen molar-refractivity contribution in [2.24, 2.45) is 5.11 Å². The first-order valence-corrected chi connectivity index (χ1v) is 6.92. The molecule has 0 aliphatic carbocycles. The highest BCUT2D eigenvalue weighted by Gasteiger charge is 2.13. The van der Waals surface area contributed by atoms with E-state index in [4.69, 9.17) is 20.1 Å². The van der Waals surface area contributed by atoms with Crippen molar-refractivity contribution in [1.29, 1.82) is 0 Å². The number of carbonyl (C=O) groups is 1. The van der Waals surface area contributed by atoms with Gasteiger partial charge in [-0.2, -0.15) is 0 Å². The average Bonchev–Trinajstić information content (AvgIpc) is 2.39. The van der Waals surface area contributed by atoms with Crippen molar-refractivity contribution in [2.45, 2.75) is 38.8 Å². The molecule has 0 amide bonds. The lowest BCUT2D eigenvalue weighted by Crippen LogP contribution is -2.23. The van der Waals surface area contributed by atoms with Gasteiger partial charge in [-0.05, 0) is 50.4 Å². The van der Waals surface area contributed by atoms with E-state index in [2.05, 4.69) is 10.0 Å². The second kappa shape index (κ2) is 8.26. The first-order valence-electron chi connectivity index (χ1n) is 6.92. The third kappa shape index (κ3) is 7.52. The second-order valence-electron chi connectivity index (χ2n) is 5.83. The van der Waals surface area contributed by atoms with Crippen molar-refractivity contribution in [1.82, 2.24) is 0 Å². The van der Waals surface area contributed by atoms with Crippen LogP contribution in [0.2, 0.25) is 0 Å². The third-order valence-corrected chi connectivity index (χ3v) is 2.57. The molecule has 1 aromatic rings. The van der Waals surface area contributed by atoms with Gasteiger partial charge in [0, 0.05) is 4.91 Å². The minimum atomic E-state index is -1.05. The number of nitrogens with zero attached hydrogens (tertiary/aromatic N) is 3. The van der Waals surface area contributed by atoms with E-state index in [1.54, 1.807) is 0 Å². The van der Waals surface area contributed by atoms with Gasteiger partial charge in [-0.1, -0.05) is 17.2 Å². The third-order valence-electron chi connectivity index (χ3n) is 2.57. The maximum atomic E-state index is 10.4. The SMILES string of the molecule is CC(C)(C)Oc1ccc(C[C@@H](COCC(=O)O)N=[N+]=[N-])cc1. The summed E-state index contributed by atoms with van der Waals surface area (Å²) in [5.74, 6) is -0.290. The highest BCUT2D eigenvalue weighted by Crippen LogP contribution is 2.19. The molecule has 0 aliphatic heterocycles. The van der Waals surface area contributed by atoms with Crippen LogP contribution in [-0.4, -0.2) is 35.9 Å². The van der Waals surface area contributed by atoms with E-state index in [0.29, 0.717) is 6.42 Å². The van der Waals surface area contributed by atoms with Crippen molar-refractivity contribution < 1.29 is 19.4 Å². The van der Waals surface area contributed by atoms with E-state index in [1.165, 1.54) is 0 Å². The average molecular weight is 307 g/mol. The molecule has 0 bridgehead atoms. The van der Waals surface area contributed by atoms with Crippen LogP contribution in [-0.2, 0) is 16.0 Å². The Kier molecular flexibility index (Phi) is 6.69. The van der Waals surface area contributed by atoms with Gasteiger partial charge in [0.15, 0.2) is 0 Å². The summed E-state index contributed by atoms with van der Waals surface area (Å²) >= 11 is 0. The smallest absolute Gasteiger partial charge is 0.329 e. The largest absolute Gasteiger partial charge is 0.488 e. The van der Waals surface area contributed by atoms with Gasteiger partial charge in [0.05, 0.1) is 12.6 Å². The molecule has 7 heteroatoms. The van der Waals surface area contributed by atoms with E-state index in [-0.39, 0.29) is 12.2 Å². The second-order valence-corrected chi connectivity index (χ2v) is 5.83. The number of benzene rings is 1. The Labute approximate surface area is 129 Å². The molecule has 0 aliphatic rings. The Hall–Kier alpha value is -2.24. The van der Waals surface area contributed by atoms with Crippen molar-refractivity contribution in [3.63, 3.8) is 0 Å². The van der Waals surface area contributed by atoms with Gasteiger partial charge in [0.25, 0.3) is 0 Å². The number of hydrogen-bond donors (Lipinski definition) is 1. The molecule has 0 fully saturated rings. The van der Waals surface area contributed by atoms with Gasteiger partial charge in [-0.15, -0.1) is 0 Å². The quantitative estimate of drug-likeness (QED) is 0.452. The van der Waals surface area contributed by atoms with Gasteiger partial charge in [-0.25, -0.2) is 4.79 Å². The Bertz CT molecular complexity index is 531. The van der Waals surface area contributed by atoms with Crippen LogP contribution in [0.4, 0.5) is 0 Å². The molecule has 1 aromatic carbocycles. The number of aliphatic carboxylic acids is 1. The monoisotopic (exact) mass is 307 g/mol. The minimum Gasteiger partial charge on any atom is -0.488 e. The standard InChI is InChI=1S/C15H21N3O4/c1-15(2,3)22-13-6-4-11(5-7-13)8-12(17-18-16)9-21-10-14(19)20/h4-7,12H,8-10H2,1-3H3,(H,19,20)/t12-/m0/s1. The van der Waals surface area contributed by atoms with Crippen molar-refractivity contribution in [3.05, 3.63) is 40.3 Å². The molecule has 0 saturated carbocycles. The van der Waals surface area contributed by atoms with Crippen molar-refractivity contribution in [3.8, 4) is 5.75 Å². The zero-order valence-corrected chi connectivity index (χ0v) is 13.0. The van der Waals surface area contributed by atoms with Gasteiger partial charge in [0.2, 0.25) is 0 Å². The molecular formula is C15H21N3O4. The molecular weight excluding hydrogens is 286 g/mol. The van der Waals surface area contributed by atoms with Crippen LogP contribution in [0.3, 0.4) is 0 Å². The predicted octanol–water partition coefficient (Wildman–Crippen LogP) is 3.19. The summed E-state index contributed by atoms with van der Waals surface area (Å²) in [5.41, 5.74) is 9.25. The van der Waals surface area contributed by atoms with E-state index >= 15 is 0 Å². The van der Waals surface area contributed by atoms with Gasteiger partial charge in [0.1, 0.15) is 18.0 Å². The van der Waals surface area contributed by atoms with Crippen LogP contribution in [0.1, 0.15) is 26.3 Å². The molecule has 0 unspecified atom stereocenters. The molecule has 1 N–H and O–H groups in total. The summed E-state index contributed by atoms with van der Waals surface area (Å²) < 4.78 is 10.7. The normalized spacial score (nSPS) is 12.3. The van der Waals surface area contributed by atoms with Crippen LogP contribution in [0.25, 0.3) is 10.4 Å². The van der Waals surface area contributed by atoms with Gasteiger partial charge in [-0.3, -0.25) is 0 Å². The van der Waals surface area contributed by atoms with E-state index in [0.717, 1.165) is 11.3 Å². The number of hydrogen-bond acceptors (Lipinski definition) is 4. The van der Waals surface area contributed by atoms with E-state index in [1.807, 2.05) is 45.0 Å². The minimum absolute atomic E-state index is 0.0661. The summed E-state index contributed by atoms with van der Waals surface area (Å²) in [6.07, 6.45) is 0.472. The van der Waals surface area contributed by atoms with Crippen molar-refractivity contribution >= 4 is 5.97 Å². The van der Waals surface area contributed by atoms with Crippen LogP contribution in [0, 0.1) is 0 Å². The molecule has 0 spiro atoms. The predicted molar refractivity (Wildman–Crippen MR) is 81.9 cm³/mol. The highest BCUT2D eigenvalue weighted by molar-refractivity contribution is 5.67. The number of rotatable bonds is 8. The molecule has 22 heavy (non-hydrogen) atoms. The molecule has 1 atom stereocenters. The highest BCUT2D eigenvalue weighted by atomic mass is 16.5. The fourth-order valence-electron chi connectivity index (χ4n) is 1.81. The Balaban J connectivity index is 2.61. The fourth-order valence-corrected chi connectivity index (χ4v) is 1.81. The molecule has 1 rings (SSSR count). The van der Waals surface area contributed by atoms with E-state index in [9.17, 15) is 4.79 Å². The lowest BCUT2D eigenvalue weighted by atomic mass is 10.1. The number of carboxylic acids is 1. The zero-order valence-electron chi connectivity index (χ0n) is 13.0. The van der Waals surface area contributed by atoms with Crippen LogP contribution in [0.15, 0.2) is 29.4 Å². The number of carboxylic acid groups (broad SMARTS) is 1. The summed E-state index contributed by atoms with van der Waals surface area (Å²) in [6.45, 7) is 5.57. The first-order chi connectivity index (χ1) is 10.3. The maximum absolute atomic E-state index is 10.4. The topological polar surface area (TPSA) is 105 Å². The molecule has 0 radical (unpaired) electrons. The number of ether oxygens (including phenoxy) is 2. The molecule has 0 aromatic heterocycles. The lowest BCUT2D eigenvalue weighted by molar-refractivity contribution is -0.142. The summed E-state index contributed by atoms with van der Waals surface area (Å²) in [6, 6.07) is 7.03. The van der Waals surface area contributed by atoms with Gasteiger partial charge >= 0.3 is 5.97 Å². The molecule has 120 valence electrons. The number of azide groups is 1.